The monoisotopic (exact) mass is 220 g/mol. The number of nitrogens with one attached hydrogen (secondary N) is 1. The van der Waals surface area contributed by atoms with Gasteiger partial charge in [-0.2, -0.15) is 0 Å². The standard InChI is InChI=1S/C13H20N2O/c1-4-15(10-13(16)14-11(2)3)12-8-6-5-7-9-12/h5-9,11H,4,10H2,1-3H3,(H,14,16). The summed E-state index contributed by atoms with van der Waals surface area (Å²) >= 11 is 0. The van der Waals surface area contributed by atoms with Gasteiger partial charge in [0.1, 0.15) is 0 Å². The zero-order chi connectivity index (χ0) is 12.0. The van der Waals surface area contributed by atoms with Crippen molar-refractivity contribution in [1.29, 1.82) is 0 Å². The summed E-state index contributed by atoms with van der Waals surface area (Å²) in [5, 5.41) is 2.90. The van der Waals surface area contributed by atoms with Crippen LogP contribution in [-0.2, 0) is 4.79 Å². The molecule has 0 unspecified atom stereocenters. The Hall–Kier alpha value is -1.51. The lowest BCUT2D eigenvalue weighted by Crippen LogP contribution is -2.40. The number of nitrogens with zero attached hydrogens (tertiary/aromatic N) is 1. The van der Waals surface area contributed by atoms with Crippen molar-refractivity contribution in [3.63, 3.8) is 0 Å². The quantitative estimate of drug-likeness (QED) is 0.823. The molecule has 0 radical (unpaired) electrons. The summed E-state index contributed by atoms with van der Waals surface area (Å²) in [6.07, 6.45) is 0. The van der Waals surface area contributed by atoms with Crippen LogP contribution >= 0.6 is 0 Å². The van der Waals surface area contributed by atoms with E-state index in [0.29, 0.717) is 6.54 Å². The Labute approximate surface area is 97.5 Å². The molecule has 3 heteroatoms. The molecule has 0 aromatic heterocycles. The third kappa shape index (κ3) is 3.93. The Bertz CT molecular complexity index is 322. The van der Waals surface area contributed by atoms with Crippen LogP contribution in [0.3, 0.4) is 0 Å². The predicted molar refractivity (Wildman–Crippen MR) is 67.6 cm³/mol. The van der Waals surface area contributed by atoms with Crippen LogP contribution in [0.5, 0.6) is 0 Å². The van der Waals surface area contributed by atoms with Gasteiger partial charge in [-0.05, 0) is 32.9 Å². The van der Waals surface area contributed by atoms with E-state index in [1.54, 1.807) is 0 Å². The normalized spacial score (nSPS) is 10.2. The van der Waals surface area contributed by atoms with E-state index in [0.717, 1.165) is 12.2 Å². The van der Waals surface area contributed by atoms with Crippen molar-refractivity contribution in [1.82, 2.24) is 5.32 Å². The maximum absolute atomic E-state index is 11.6. The molecule has 0 atom stereocenters. The number of amides is 1. The van der Waals surface area contributed by atoms with E-state index in [9.17, 15) is 4.79 Å². The third-order valence-electron chi connectivity index (χ3n) is 2.29. The average Bonchev–Trinajstić information content (AvgIpc) is 2.26. The smallest absolute Gasteiger partial charge is 0.239 e. The predicted octanol–water partition coefficient (Wildman–Crippen LogP) is 2.04. The van der Waals surface area contributed by atoms with Gasteiger partial charge in [0.2, 0.25) is 5.91 Å². The number of hydrogen-bond acceptors (Lipinski definition) is 2. The van der Waals surface area contributed by atoms with E-state index in [1.165, 1.54) is 0 Å². The lowest BCUT2D eigenvalue weighted by molar-refractivity contribution is -0.120. The first kappa shape index (κ1) is 12.6. The van der Waals surface area contributed by atoms with Crippen molar-refractivity contribution in [2.45, 2.75) is 26.8 Å². The van der Waals surface area contributed by atoms with Crippen LogP contribution in [0.1, 0.15) is 20.8 Å². The maximum atomic E-state index is 11.6. The van der Waals surface area contributed by atoms with Gasteiger partial charge in [0.15, 0.2) is 0 Å². The largest absolute Gasteiger partial charge is 0.363 e. The first-order valence-corrected chi connectivity index (χ1v) is 5.72. The Morgan fingerprint density at radius 1 is 1.31 bits per heavy atom. The van der Waals surface area contributed by atoms with Crippen LogP contribution in [-0.4, -0.2) is 25.0 Å². The molecule has 1 amide bonds. The first-order chi connectivity index (χ1) is 7.63. The van der Waals surface area contributed by atoms with Crippen molar-refractivity contribution in [2.75, 3.05) is 18.0 Å². The Morgan fingerprint density at radius 3 is 2.44 bits per heavy atom. The molecule has 0 bridgehead atoms. The van der Waals surface area contributed by atoms with Crippen molar-refractivity contribution in [3.05, 3.63) is 30.3 Å². The van der Waals surface area contributed by atoms with Crippen molar-refractivity contribution < 1.29 is 4.79 Å². The number of carbonyl (C=O) groups excluding carboxylic acids is 1. The van der Waals surface area contributed by atoms with Gasteiger partial charge in [0.25, 0.3) is 0 Å². The topological polar surface area (TPSA) is 32.3 Å². The molecule has 16 heavy (non-hydrogen) atoms. The fourth-order valence-electron chi connectivity index (χ4n) is 1.57. The summed E-state index contributed by atoms with van der Waals surface area (Å²) in [6, 6.07) is 10.2. The number of hydrogen-bond donors (Lipinski definition) is 1. The molecule has 3 nitrogen and oxygen atoms in total. The van der Waals surface area contributed by atoms with Gasteiger partial charge in [-0.3, -0.25) is 4.79 Å². The van der Waals surface area contributed by atoms with Crippen LogP contribution in [0.4, 0.5) is 5.69 Å². The summed E-state index contributed by atoms with van der Waals surface area (Å²) in [6.45, 7) is 7.23. The number of benzene rings is 1. The van der Waals surface area contributed by atoms with Crippen LogP contribution in [0.15, 0.2) is 30.3 Å². The molecule has 1 aromatic rings. The van der Waals surface area contributed by atoms with Crippen LogP contribution in [0.25, 0.3) is 0 Å². The molecule has 0 aliphatic carbocycles. The summed E-state index contributed by atoms with van der Waals surface area (Å²) in [4.78, 5) is 13.7. The highest BCUT2D eigenvalue weighted by Crippen LogP contribution is 2.11. The third-order valence-corrected chi connectivity index (χ3v) is 2.29. The fourth-order valence-corrected chi connectivity index (χ4v) is 1.57. The highest BCUT2D eigenvalue weighted by atomic mass is 16.2. The van der Waals surface area contributed by atoms with Gasteiger partial charge < -0.3 is 10.2 Å². The zero-order valence-corrected chi connectivity index (χ0v) is 10.2. The molecule has 0 heterocycles. The van der Waals surface area contributed by atoms with E-state index < -0.39 is 0 Å². The van der Waals surface area contributed by atoms with Crippen molar-refractivity contribution in [3.8, 4) is 0 Å². The van der Waals surface area contributed by atoms with E-state index in [-0.39, 0.29) is 11.9 Å². The van der Waals surface area contributed by atoms with Gasteiger partial charge >= 0.3 is 0 Å². The second kappa shape index (κ2) is 6.16. The molecule has 0 aliphatic rings. The number of para-hydroxylation sites is 1. The summed E-state index contributed by atoms with van der Waals surface area (Å²) in [7, 11) is 0. The summed E-state index contributed by atoms with van der Waals surface area (Å²) in [5.74, 6) is 0.0701. The van der Waals surface area contributed by atoms with Gasteiger partial charge in [-0.15, -0.1) is 0 Å². The molecule has 1 rings (SSSR count). The number of anilines is 1. The molecular weight excluding hydrogens is 200 g/mol. The SMILES string of the molecule is CCN(CC(=O)NC(C)C)c1ccccc1. The fraction of sp³-hybridized carbons (Fsp3) is 0.462. The zero-order valence-electron chi connectivity index (χ0n) is 10.2. The lowest BCUT2D eigenvalue weighted by atomic mass is 10.3. The minimum absolute atomic E-state index is 0.0701. The maximum Gasteiger partial charge on any atom is 0.239 e. The molecule has 0 saturated heterocycles. The second-order valence-corrected chi connectivity index (χ2v) is 4.07. The molecule has 1 N–H and O–H groups in total. The van der Waals surface area contributed by atoms with Crippen LogP contribution < -0.4 is 10.2 Å². The van der Waals surface area contributed by atoms with Gasteiger partial charge in [-0.25, -0.2) is 0 Å². The summed E-state index contributed by atoms with van der Waals surface area (Å²) in [5.41, 5.74) is 1.09. The van der Waals surface area contributed by atoms with Gasteiger partial charge in [-0.1, -0.05) is 18.2 Å². The lowest BCUT2D eigenvalue weighted by Gasteiger charge is -2.23. The van der Waals surface area contributed by atoms with E-state index in [2.05, 4.69) is 17.1 Å². The molecule has 0 spiro atoms. The van der Waals surface area contributed by atoms with E-state index in [1.807, 2.05) is 44.2 Å². The Kier molecular flexibility index (Phi) is 4.83. The minimum atomic E-state index is 0.0701. The molecule has 0 fully saturated rings. The van der Waals surface area contributed by atoms with E-state index >= 15 is 0 Å². The number of likely N-dealkylation sites (N-methyl/N-ethyl adjacent to an activating group) is 1. The molecular formula is C13H20N2O. The van der Waals surface area contributed by atoms with Gasteiger partial charge in [0, 0.05) is 18.3 Å². The highest BCUT2D eigenvalue weighted by molar-refractivity contribution is 5.81. The minimum Gasteiger partial charge on any atom is -0.363 e. The highest BCUT2D eigenvalue weighted by Gasteiger charge is 2.09. The molecule has 1 aromatic carbocycles. The number of carbonyl (C=O) groups is 1. The van der Waals surface area contributed by atoms with Crippen LogP contribution in [0, 0.1) is 0 Å². The molecule has 0 aliphatic heterocycles. The first-order valence-electron chi connectivity index (χ1n) is 5.72. The average molecular weight is 220 g/mol. The summed E-state index contributed by atoms with van der Waals surface area (Å²) < 4.78 is 0. The van der Waals surface area contributed by atoms with Crippen LogP contribution in [0.2, 0.25) is 0 Å². The van der Waals surface area contributed by atoms with Crippen molar-refractivity contribution in [2.24, 2.45) is 0 Å². The molecule has 88 valence electrons. The van der Waals surface area contributed by atoms with E-state index in [4.69, 9.17) is 0 Å². The Morgan fingerprint density at radius 2 is 1.94 bits per heavy atom. The van der Waals surface area contributed by atoms with Crippen molar-refractivity contribution >= 4 is 11.6 Å². The number of rotatable bonds is 5. The second-order valence-electron chi connectivity index (χ2n) is 4.07. The molecule has 0 saturated carbocycles. The Balaban J connectivity index is 2.59. The van der Waals surface area contributed by atoms with Gasteiger partial charge in [0.05, 0.1) is 6.54 Å².